The standard InChI is InChI=1S/C13H17ClO2/c1-2-9(8-15)5-11-7-12(14)6-10-3-4-16-13(10)11/h6-7,9,15H,2-5,8H2,1H3. The Balaban J connectivity index is 2.26. The zero-order valence-corrected chi connectivity index (χ0v) is 10.3. The lowest BCUT2D eigenvalue weighted by Gasteiger charge is -2.14. The molecular weight excluding hydrogens is 224 g/mol. The molecule has 1 aromatic carbocycles. The Labute approximate surface area is 101 Å². The van der Waals surface area contributed by atoms with E-state index in [0.717, 1.165) is 42.2 Å². The number of hydrogen-bond acceptors (Lipinski definition) is 2. The predicted molar refractivity (Wildman–Crippen MR) is 65.2 cm³/mol. The maximum Gasteiger partial charge on any atom is 0.125 e. The highest BCUT2D eigenvalue weighted by atomic mass is 35.5. The first-order valence-electron chi connectivity index (χ1n) is 5.79. The maximum atomic E-state index is 9.23. The highest BCUT2D eigenvalue weighted by Crippen LogP contribution is 2.34. The summed E-state index contributed by atoms with van der Waals surface area (Å²) >= 11 is 6.08. The van der Waals surface area contributed by atoms with E-state index < -0.39 is 0 Å². The molecule has 0 aromatic heterocycles. The van der Waals surface area contributed by atoms with Crippen molar-refractivity contribution < 1.29 is 9.84 Å². The second kappa shape index (κ2) is 5.07. The lowest BCUT2D eigenvalue weighted by Crippen LogP contribution is -2.09. The highest BCUT2D eigenvalue weighted by Gasteiger charge is 2.19. The number of hydrogen-bond donors (Lipinski definition) is 1. The quantitative estimate of drug-likeness (QED) is 0.877. The van der Waals surface area contributed by atoms with Gasteiger partial charge in [0.1, 0.15) is 5.75 Å². The van der Waals surface area contributed by atoms with Crippen molar-refractivity contribution in [3.8, 4) is 5.75 Å². The third-order valence-corrected chi connectivity index (χ3v) is 3.39. The van der Waals surface area contributed by atoms with Crippen molar-refractivity contribution in [3.05, 3.63) is 28.3 Å². The van der Waals surface area contributed by atoms with Gasteiger partial charge in [-0.3, -0.25) is 0 Å². The van der Waals surface area contributed by atoms with Crippen LogP contribution in [0, 0.1) is 5.92 Å². The van der Waals surface area contributed by atoms with Crippen LogP contribution in [-0.2, 0) is 12.8 Å². The van der Waals surface area contributed by atoms with Crippen molar-refractivity contribution in [1.82, 2.24) is 0 Å². The molecule has 1 unspecified atom stereocenters. The number of ether oxygens (including phenoxy) is 1. The average Bonchev–Trinajstić information content (AvgIpc) is 2.73. The van der Waals surface area contributed by atoms with Crippen LogP contribution in [-0.4, -0.2) is 18.3 Å². The van der Waals surface area contributed by atoms with E-state index >= 15 is 0 Å². The molecule has 2 rings (SSSR count). The van der Waals surface area contributed by atoms with Crippen molar-refractivity contribution in [2.75, 3.05) is 13.2 Å². The van der Waals surface area contributed by atoms with E-state index in [0.29, 0.717) is 5.92 Å². The van der Waals surface area contributed by atoms with E-state index in [2.05, 4.69) is 6.92 Å². The number of aliphatic hydroxyl groups excluding tert-OH is 1. The number of fused-ring (bicyclic) bond motifs is 1. The lowest BCUT2D eigenvalue weighted by molar-refractivity contribution is 0.221. The molecule has 0 saturated carbocycles. The molecule has 1 aliphatic heterocycles. The molecule has 0 amide bonds. The van der Waals surface area contributed by atoms with Crippen LogP contribution in [0.25, 0.3) is 0 Å². The van der Waals surface area contributed by atoms with Gasteiger partial charge in [0, 0.05) is 18.1 Å². The van der Waals surface area contributed by atoms with Gasteiger partial charge in [-0.25, -0.2) is 0 Å². The Hall–Kier alpha value is -0.730. The van der Waals surface area contributed by atoms with Crippen LogP contribution in [0.15, 0.2) is 12.1 Å². The van der Waals surface area contributed by atoms with Gasteiger partial charge in [-0.1, -0.05) is 24.9 Å². The van der Waals surface area contributed by atoms with Crippen LogP contribution in [0.2, 0.25) is 5.02 Å². The number of halogens is 1. The molecule has 16 heavy (non-hydrogen) atoms. The van der Waals surface area contributed by atoms with Gasteiger partial charge in [-0.05, 0) is 35.6 Å². The smallest absolute Gasteiger partial charge is 0.125 e. The first-order valence-corrected chi connectivity index (χ1v) is 6.17. The molecule has 0 fully saturated rings. The Kier molecular flexibility index (Phi) is 3.72. The van der Waals surface area contributed by atoms with E-state index in [4.69, 9.17) is 16.3 Å². The fourth-order valence-electron chi connectivity index (χ4n) is 2.15. The molecule has 1 heterocycles. The molecule has 0 bridgehead atoms. The lowest BCUT2D eigenvalue weighted by atomic mass is 9.95. The molecule has 0 radical (unpaired) electrons. The van der Waals surface area contributed by atoms with E-state index in [-0.39, 0.29) is 6.61 Å². The van der Waals surface area contributed by atoms with Crippen molar-refractivity contribution in [3.63, 3.8) is 0 Å². The molecular formula is C13H17ClO2. The van der Waals surface area contributed by atoms with Crippen molar-refractivity contribution >= 4 is 11.6 Å². The molecule has 0 saturated heterocycles. The summed E-state index contributed by atoms with van der Waals surface area (Å²) in [4.78, 5) is 0. The van der Waals surface area contributed by atoms with Gasteiger partial charge >= 0.3 is 0 Å². The Morgan fingerprint density at radius 1 is 1.50 bits per heavy atom. The van der Waals surface area contributed by atoms with Gasteiger partial charge in [0.25, 0.3) is 0 Å². The zero-order valence-electron chi connectivity index (χ0n) is 9.50. The monoisotopic (exact) mass is 240 g/mol. The van der Waals surface area contributed by atoms with Crippen LogP contribution < -0.4 is 4.74 Å². The van der Waals surface area contributed by atoms with Crippen molar-refractivity contribution in [2.24, 2.45) is 5.92 Å². The summed E-state index contributed by atoms with van der Waals surface area (Å²) in [6.45, 7) is 3.06. The molecule has 1 aromatic rings. The molecule has 2 nitrogen and oxygen atoms in total. The SMILES string of the molecule is CCC(CO)Cc1cc(Cl)cc2c1OCC2. The number of aliphatic hydroxyl groups is 1. The van der Waals surface area contributed by atoms with Gasteiger partial charge in [0.05, 0.1) is 6.61 Å². The second-order valence-corrected chi connectivity index (χ2v) is 4.75. The van der Waals surface area contributed by atoms with Crippen LogP contribution >= 0.6 is 11.6 Å². The third-order valence-electron chi connectivity index (χ3n) is 3.17. The van der Waals surface area contributed by atoms with Crippen LogP contribution in [0.1, 0.15) is 24.5 Å². The summed E-state index contributed by atoms with van der Waals surface area (Å²) in [5, 5.41) is 10.0. The summed E-state index contributed by atoms with van der Waals surface area (Å²) in [7, 11) is 0. The fraction of sp³-hybridized carbons (Fsp3) is 0.538. The molecule has 1 N–H and O–H groups in total. The predicted octanol–water partition coefficient (Wildman–Crippen LogP) is 2.84. The van der Waals surface area contributed by atoms with Crippen LogP contribution in [0.3, 0.4) is 0 Å². The first-order chi connectivity index (χ1) is 7.74. The second-order valence-electron chi connectivity index (χ2n) is 4.31. The average molecular weight is 241 g/mol. The minimum absolute atomic E-state index is 0.220. The van der Waals surface area contributed by atoms with E-state index in [1.54, 1.807) is 0 Å². The summed E-state index contributed by atoms with van der Waals surface area (Å²) < 4.78 is 5.63. The largest absolute Gasteiger partial charge is 0.493 e. The van der Waals surface area contributed by atoms with E-state index in [1.807, 2.05) is 12.1 Å². The van der Waals surface area contributed by atoms with Crippen molar-refractivity contribution in [1.29, 1.82) is 0 Å². The molecule has 0 aliphatic carbocycles. The van der Waals surface area contributed by atoms with Gasteiger partial charge < -0.3 is 9.84 Å². The first kappa shape index (κ1) is 11.7. The molecule has 3 heteroatoms. The molecule has 88 valence electrons. The van der Waals surface area contributed by atoms with Gasteiger partial charge in [-0.15, -0.1) is 0 Å². The van der Waals surface area contributed by atoms with E-state index in [1.165, 1.54) is 5.56 Å². The number of rotatable bonds is 4. The Morgan fingerprint density at radius 2 is 2.31 bits per heavy atom. The number of benzene rings is 1. The summed E-state index contributed by atoms with van der Waals surface area (Å²) in [6.07, 6.45) is 2.76. The maximum absolute atomic E-state index is 9.23. The van der Waals surface area contributed by atoms with Crippen LogP contribution in [0.5, 0.6) is 5.75 Å². The fourth-order valence-corrected chi connectivity index (χ4v) is 2.41. The topological polar surface area (TPSA) is 29.5 Å². The Morgan fingerprint density at radius 3 is 3.00 bits per heavy atom. The minimum atomic E-state index is 0.220. The minimum Gasteiger partial charge on any atom is -0.493 e. The Bertz CT molecular complexity index is 372. The summed E-state index contributed by atoms with van der Waals surface area (Å²) in [6, 6.07) is 3.94. The van der Waals surface area contributed by atoms with Crippen molar-refractivity contribution in [2.45, 2.75) is 26.2 Å². The van der Waals surface area contributed by atoms with E-state index in [9.17, 15) is 5.11 Å². The highest BCUT2D eigenvalue weighted by molar-refractivity contribution is 6.30. The molecule has 1 atom stereocenters. The van der Waals surface area contributed by atoms with Gasteiger partial charge in [0.2, 0.25) is 0 Å². The molecule has 1 aliphatic rings. The van der Waals surface area contributed by atoms with Gasteiger partial charge in [-0.2, -0.15) is 0 Å². The summed E-state index contributed by atoms with van der Waals surface area (Å²) in [5.74, 6) is 1.29. The third kappa shape index (κ3) is 2.33. The zero-order chi connectivity index (χ0) is 11.5. The van der Waals surface area contributed by atoms with Crippen LogP contribution in [0.4, 0.5) is 0 Å². The normalized spacial score (nSPS) is 15.7. The summed E-state index contributed by atoms with van der Waals surface area (Å²) in [5.41, 5.74) is 2.34. The van der Waals surface area contributed by atoms with Gasteiger partial charge in [0.15, 0.2) is 0 Å². The molecule has 0 spiro atoms.